The summed E-state index contributed by atoms with van der Waals surface area (Å²) in [6.45, 7) is 6.39. The second-order valence-electron chi connectivity index (χ2n) is 12.5. The van der Waals surface area contributed by atoms with Crippen LogP contribution in [0.4, 0.5) is 10.1 Å². The van der Waals surface area contributed by atoms with Gasteiger partial charge in [-0.05, 0) is 104 Å². The lowest BCUT2D eigenvalue weighted by molar-refractivity contribution is -0.127. The van der Waals surface area contributed by atoms with Crippen LogP contribution < -0.4 is 4.90 Å². The van der Waals surface area contributed by atoms with Crippen molar-refractivity contribution in [3.05, 3.63) is 52.6 Å². The third-order valence-corrected chi connectivity index (χ3v) is 10.6. The molecule has 3 nitrogen and oxygen atoms in total. The average Bonchev–Trinajstić information content (AvgIpc) is 3.57. The van der Waals surface area contributed by atoms with Crippen LogP contribution in [0.1, 0.15) is 89.5 Å². The molecule has 200 valence electrons. The van der Waals surface area contributed by atoms with Crippen LogP contribution in [0.25, 0.3) is 0 Å². The predicted molar refractivity (Wildman–Crippen MR) is 150 cm³/mol. The van der Waals surface area contributed by atoms with Gasteiger partial charge in [-0.15, -0.1) is 11.8 Å². The number of anilines is 1. The first-order valence-electron chi connectivity index (χ1n) is 14.8. The van der Waals surface area contributed by atoms with Crippen molar-refractivity contribution in [1.82, 2.24) is 0 Å². The monoisotopic (exact) mass is 513 g/mol. The van der Waals surface area contributed by atoms with Crippen LogP contribution in [0.5, 0.6) is 0 Å². The fraction of sp³-hybridized carbons (Fsp3) is 0.588. The predicted octanol–water partition coefficient (Wildman–Crippen LogP) is 7.12. The highest BCUT2D eigenvalue weighted by Gasteiger charge is 2.58. The van der Waals surface area contributed by atoms with Crippen LogP contribution in [0, 0.1) is 35.0 Å². The van der Waals surface area contributed by atoms with Gasteiger partial charge in [-0.2, -0.15) is 0 Å². The number of carbonyl (C=O) groups is 2. The molecule has 2 saturated carbocycles. The Bertz CT molecular complexity index is 1240. The van der Waals surface area contributed by atoms with Gasteiger partial charge in [-0.25, -0.2) is 4.39 Å². The topological polar surface area (TPSA) is 37.4 Å². The molecule has 1 unspecified atom stereocenters. The van der Waals surface area contributed by atoms with Crippen molar-refractivity contribution in [2.75, 3.05) is 18.0 Å². The van der Waals surface area contributed by atoms with Crippen LogP contribution in [0.15, 0.2) is 47.1 Å². The van der Waals surface area contributed by atoms with Crippen molar-refractivity contribution in [3.8, 4) is 11.8 Å². The molecule has 6 rings (SSSR count). The highest BCUT2D eigenvalue weighted by atomic mass is 19.1. The maximum absolute atomic E-state index is 15.7. The Balaban J connectivity index is 1.41. The minimum atomic E-state index is -1.09. The van der Waals surface area contributed by atoms with E-state index in [1.165, 1.54) is 29.7 Å². The molecule has 0 N–H and O–H groups in total. The van der Waals surface area contributed by atoms with E-state index in [1.54, 1.807) is 6.08 Å². The van der Waals surface area contributed by atoms with Gasteiger partial charge >= 0.3 is 0 Å². The molecule has 0 aromatic heterocycles. The minimum Gasteiger partial charge on any atom is -0.372 e. The van der Waals surface area contributed by atoms with Gasteiger partial charge in [-0.1, -0.05) is 24.6 Å². The number of fused-ring (bicyclic) bond motifs is 4. The number of allylic oxidation sites excluding steroid dienone is 4. The molecular weight excluding hydrogens is 473 g/mol. The zero-order valence-electron chi connectivity index (χ0n) is 22.9. The van der Waals surface area contributed by atoms with Gasteiger partial charge in [0.15, 0.2) is 5.78 Å². The van der Waals surface area contributed by atoms with E-state index >= 15 is 4.39 Å². The average molecular weight is 514 g/mol. The number of benzene rings is 1. The van der Waals surface area contributed by atoms with Gasteiger partial charge in [0, 0.05) is 49.9 Å². The zero-order chi connectivity index (χ0) is 26.4. The van der Waals surface area contributed by atoms with Crippen LogP contribution in [0.3, 0.4) is 0 Å². The van der Waals surface area contributed by atoms with Crippen molar-refractivity contribution in [2.24, 2.45) is 23.2 Å². The van der Waals surface area contributed by atoms with Crippen molar-refractivity contribution >= 4 is 17.3 Å². The number of halogens is 1. The number of hydrogen-bond acceptors (Lipinski definition) is 3. The molecule has 1 heterocycles. The number of carbonyl (C=O) groups excluding carboxylic acids is 2. The number of Topliss-reactive ketones (excluding diaryl/α,β-unsaturated/α-hetero) is 1. The van der Waals surface area contributed by atoms with Crippen molar-refractivity contribution in [1.29, 1.82) is 0 Å². The minimum absolute atomic E-state index is 0.0204. The van der Waals surface area contributed by atoms with E-state index in [9.17, 15) is 9.59 Å². The molecule has 0 amide bonds. The summed E-state index contributed by atoms with van der Waals surface area (Å²) in [5, 5.41) is 0. The first-order valence-corrected chi connectivity index (χ1v) is 14.8. The van der Waals surface area contributed by atoms with Gasteiger partial charge < -0.3 is 4.90 Å². The molecule has 0 bridgehead atoms. The molecule has 38 heavy (non-hydrogen) atoms. The van der Waals surface area contributed by atoms with Gasteiger partial charge in [0.05, 0.1) is 0 Å². The number of alkyl halides is 1. The second-order valence-corrected chi connectivity index (χ2v) is 12.5. The van der Waals surface area contributed by atoms with Crippen LogP contribution in [-0.2, 0) is 9.59 Å². The Morgan fingerprint density at radius 1 is 1.13 bits per heavy atom. The summed E-state index contributed by atoms with van der Waals surface area (Å²) >= 11 is 0. The first kappa shape index (κ1) is 25.6. The van der Waals surface area contributed by atoms with E-state index in [-0.39, 0.29) is 29.0 Å². The van der Waals surface area contributed by atoms with Crippen molar-refractivity contribution < 1.29 is 14.0 Å². The van der Waals surface area contributed by atoms with Crippen LogP contribution in [-0.4, -0.2) is 30.8 Å². The smallest absolute Gasteiger partial charge is 0.156 e. The van der Waals surface area contributed by atoms with E-state index in [4.69, 9.17) is 0 Å². The normalized spacial score (nSPS) is 34.2. The standard InChI is InChI=1S/C34H40FNO2/c1-3-4-5-8-32(38)30-16-15-29-27-20-31(35)26-19-24(37)13-14-25(26)33(27)28(21-34(29,30)2)22-9-11-23(12-10-22)36-17-6-7-18-36/h9-12,19,27-31H,5-8,13-18,20-21H2,1-2H3/t27-,28+,29-,30+,31?,34-/m0/s1. The molecular formula is C34H40FNO2. The summed E-state index contributed by atoms with van der Waals surface area (Å²) in [7, 11) is 0. The summed E-state index contributed by atoms with van der Waals surface area (Å²) in [5.41, 5.74) is 5.58. The first-order chi connectivity index (χ1) is 18.4. The van der Waals surface area contributed by atoms with Gasteiger partial charge in [0.1, 0.15) is 12.0 Å². The molecule has 3 fully saturated rings. The molecule has 5 aliphatic rings. The molecule has 4 heteroatoms. The van der Waals surface area contributed by atoms with Gasteiger partial charge in [0.25, 0.3) is 0 Å². The van der Waals surface area contributed by atoms with E-state index < -0.39 is 6.17 Å². The lowest BCUT2D eigenvalue weighted by atomic mass is 9.51. The van der Waals surface area contributed by atoms with Crippen molar-refractivity contribution in [3.63, 3.8) is 0 Å². The summed E-state index contributed by atoms with van der Waals surface area (Å²) in [6.07, 6.45) is 8.54. The van der Waals surface area contributed by atoms with E-state index in [1.807, 2.05) is 6.92 Å². The number of nitrogens with zero attached hydrogens (tertiary/aromatic N) is 1. The molecule has 1 saturated heterocycles. The van der Waals surface area contributed by atoms with Gasteiger partial charge in [0.2, 0.25) is 0 Å². The summed E-state index contributed by atoms with van der Waals surface area (Å²) < 4.78 is 15.7. The molecule has 6 atom stereocenters. The Labute approximate surface area is 226 Å². The van der Waals surface area contributed by atoms with Crippen LogP contribution >= 0.6 is 0 Å². The maximum atomic E-state index is 15.7. The molecule has 1 aliphatic heterocycles. The number of hydrogen-bond donors (Lipinski definition) is 0. The lowest BCUT2D eigenvalue weighted by Crippen LogP contribution is -2.46. The van der Waals surface area contributed by atoms with Crippen molar-refractivity contribution in [2.45, 2.75) is 90.1 Å². The maximum Gasteiger partial charge on any atom is 0.156 e. The number of rotatable bonds is 5. The Kier molecular flexibility index (Phi) is 6.83. The fourth-order valence-electron chi connectivity index (χ4n) is 8.84. The molecule has 0 spiro atoms. The zero-order valence-corrected chi connectivity index (χ0v) is 22.9. The largest absolute Gasteiger partial charge is 0.372 e. The third kappa shape index (κ3) is 4.27. The Hall–Kier alpha value is -2.67. The second kappa shape index (κ2) is 10.1. The van der Waals surface area contributed by atoms with E-state index in [2.05, 4.69) is 47.9 Å². The molecule has 1 aromatic carbocycles. The molecule has 0 radical (unpaired) electrons. The Morgan fingerprint density at radius 3 is 2.63 bits per heavy atom. The third-order valence-electron chi connectivity index (χ3n) is 10.6. The SMILES string of the molecule is CC#CCCC(=O)[C@H]1CC[C@H]2[C@@H]3CC(F)C4=CC(=O)CCC4=C3[C@@H](c3ccc(N4CCCC4)cc3)C[C@]12C. The lowest BCUT2D eigenvalue weighted by Gasteiger charge is -2.53. The summed E-state index contributed by atoms with van der Waals surface area (Å²) in [5.74, 6) is 7.03. The highest BCUT2D eigenvalue weighted by molar-refractivity contribution is 5.93. The quantitative estimate of drug-likeness (QED) is 0.393. The highest BCUT2D eigenvalue weighted by Crippen LogP contribution is 2.66. The number of ketones is 2. The summed E-state index contributed by atoms with van der Waals surface area (Å²) in [4.78, 5) is 28.2. The summed E-state index contributed by atoms with van der Waals surface area (Å²) in [6, 6.07) is 9.10. The van der Waals surface area contributed by atoms with E-state index in [0.29, 0.717) is 49.4 Å². The molecule has 4 aliphatic carbocycles. The van der Waals surface area contributed by atoms with E-state index in [0.717, 1.165) is 37.9 Å². The van der Waals surface area contributed by atoms with Gasteiger partial charge in [-0.3, -0.25) is 9.59 Å². The fourth-order valence-corrected chi connectivity index (χ4v) is 8.84. The molecule has 1 aromatic rings. The Morgan fingerprint density at radius 2 is 1.89 bits per heavy atom. The van der Waals surface area contributed by atoms with Crippen LogP contribution in [0.2, 0.25) is 0 Å².